The minimum absolute atomic E-state index is 0.0987. The van der Waals surface area contributed by atoms with Crippen molar-refractivity contribution in [3.63, 3.8) is 0 Å². The molecule has 0 saturated carbocycles. The molecule has 6 heteroatoms. The number of benzene rings is 2. The van der Waals surface area contributed by atoms with Gasteiger partial charge in [-0.3, -0.25) is 4.79 Å². The number of nitrogens with zero attached hydrogens (tertiary/aromatic N) is 1. The van der Waals surface area contributed by atoms with Crippen molar-refractivity contribution < 1.29 is 18.0 Å². The number of unbranched alkanes of at least 4 members (excludes halogenated alkanes) is 2. The van der Waals surface area contributed by atoms with Crippen molar-refractivity contribution in [1.29, 1.82) is 0 Å². The van der Waals surface area contributed by atoms with E-state index in [9.17, 15) is 18.0 Å². The molecule has 0 aliphatic heterocycles. The molecule has 0 spiro atoms. The fraction of sp³-hybridized carbons (Fsp3) is 0.375. The van der Waals surface area contributed by atoms with Gasteiger partial charge in [0.1, 0.15) is 0 Å². The summed E-state index contributed by atoms with van der Waals surface area (Å²) in [6.07, 6.45) is 0.563. The molecule has 1 heterocycles. The number of fused-ring (bicyclic) bond motifs is 1. The fourth-order valence-electron chi connectivity index (χ4n) is 3.85. The lowest BCUT2D eigenvalue weighted by Gasteiger charge is -2.19. The van der Waals surface area contributed by atoms with Gasteiger partial charge in [0, 0.05) is 43.0 Å². The van der Waals surface area contributed by atoms with Crippen LogP contribution in [0.4, 0.5) is 13.2 Å². The van der Waals surface area contributed by atoms with Crippen molar-refractivity contribution in [3.8, 4) is 0 Å². The zero-order chi connectivity index (χ0) is 21.7. The number of halogens is 3. The third-order valence-corrected chi connectivity index (χ3v) is 5.41. The van der Waals surface area contributed by atoms with E-state index < -0.39 is 17.7 Å². The molecule has 30 heavy (non-hydrogen) atoms. The lowest BCUT2D eigenvalue weighted by atomic mass is 9.87. The summed E-state index contributed by atoms with van der Waals surface area (Å²) < 4.78 is 41.9. The largest absolute Gasteiger partial charge is 0.416 e. The number of nitrogens with one attached hydrogen (secondary N) is 1. The predicted molar refractivity (Wildman–Crippen MR) is 113 cm³/mol. The maximum absolute atomic E-state index is 13.3. The predicted octanol–water partition coefficient (Wildman–Crippen LogP) is 6.03. The molecule has 1 amide bonds. The molecule has 0 aliphatic carbocycles. The highest BCUT2D eigenvalue weighted by Gasteiger charge is 2.32. The van der Waals surface area contributed by atoms with E-state index in [1.807, 2.05) is 42.1 Å². The van der Waals surface area contributed by atoms with Crippen molar-refractivity contribution in [2.24, 2.45) is 7.05 Å². The molecule has 1 N–H and O–H groups in total. The second kappa shape index (κ2) is 9.37. The molecular formula is C24H27F3N2O. The van der Waals surface area contributed by atoms with E-state index in [2.05, 4.69) is 12.2 Å². The van der Waals surface area contributed by atoms with Crippen molar-refractivity contribution in [3.05, 3.63) is 71.4 Å². The monoisotopic (exact) mass is 416 g/mol. The van der Waals surface area contributed by atoms with E-state index in [-0.39, 0.29) is 12.3 Å². The minimum Gasteiger partial charge on any atom is -0.356 e. The Morgan fingerprint density at radius 3 is 2.60 bits per heavy atom. The fourth-order valence-corrected chi connectivity index (χ4v) is 3.85. The molecule has 1 atom stereocenters. The van der Waals surface area contributed by atoms with Gasteiger partial charge in [-0.15, -0.1) is 0 Å². The zero-order valence-corrected chi connectivity index (χ0v) is 17.3. The number of aromatic nitrogens is 1. The van der Waals surface area contributed by atoms with Crippen LogP contribution in [0.1, 0.15) is 55.2 Å². The summed E-state index contributed by atoms with van der Waals surface area (Å²) in [5.41, 5.74) is 1.63. The molecule has 0 aliphatic rings. The first-order valence-corrected chi connectivity index (χ1v) is 10.3. The van der Waals surface area contributed by atoms with Gasteiger partial charge in [0.05, 0.1) is 5.56 Å². The van der Waals surface area contributed by atoms with E-state index in [4.69, 9.17) is 0 Å². The van der Waals surface area contributed by atoms with Crippen LogP contribution >= 0.6 is 0 Å². The molecule has 0 bridgehead atoms. The summed E-state index contributed by atoms with van der Waals surface area (Å²) in [5.74, 6) is -0.619. The second-order valence-electron chi connectivity index (χ2n) is 7.65. The number of hydrogen-bond acceptors (Lipinski definition) is 1. The SMILES string of the molecule is CCCCCNC(=O)C[C@H](c1cccc(C(F)(F)F)c1)c1cn(C)c2ccccc12. The molecule has 2 aromatic carbocycles. The molecule has 3 rings (SSSR count). The van der Waals surface area contributed by atoms with E-state index in [0.29, 0.717) is 12.1 Å². The van der Waals surface area contributed by atoms with Crippen LogP contribution < -0.4 is 5.32 Å². The minimum atomic E-state index is -4.43. The van der Waals surface area contributed by atoms with Crippen LogP contribution in [0, 0.1) is 0 Å². The summed E-state index contributed by atoms with van der Waals surface area (Å²) in [6, 6.07) is 13.1. The third-order valence-electron chi connectivity index (χ3n) is 5.41. The Morgan fingerprint density at radius 2 is 1.87 bits per heavy atom. The Bertz CT molecular complexity index is 1010. The van der Waals surface area contributed by atoms with Gasteiger partial charge in [0.25, 0.3) is 0 Å². The van der Waals surface area contributed by atoms with E-state index in [0.717, 1.165) is 47.9 Å². The maximum Gasteiger partial charge on any atom is 0.416 e. The van der Waals surface area contributed by atoms with Gasteiger partial charge >= 0.3 is 6.18 Å². The summed E-state index contributed by atoms with van der Waals surface area (Å²) >= 11 is 0. The standard InChI is InChI=1S/C24H27F3N2O/c1-3-4-7-13-28-23(30)15-20(17-9-8-10-18(14-17)24(25,26)27)21-16-29(2)22-12-6-5-11-19(21)22/h5-6,8-12,14,16,20H,3-4,7,13,15H2,1-2H3,(H,28,30)/t20-/m1/s1. The Kier molecular flexibility index (Phi) is 6.85. The summed E-state index contributed by atoms with van der Waals surface area (Å²) in [4.78, 5) is 12.6. The normalized spacial score (nSPS) is 12.8. The smallest absolute Gasteiger partial charge is 0.356 e. The number of carbonyl (C=O) groups is 1. The lowest BCUT2D eigenvalue weighted by Crippen LogP contribution is -2.26. The quantitative estimate of drug-likeness (QED) is 0.447. The number of amides is 1. The van der Waals surface area contributed by atoms with Gasteiger partial charge in [-0.05, 0) is 29.7 Å². The first-order valence-electron chi connectivity index (χ1n) is 10.3. The van der Waals surface area contributed by atoms with Crippen LogP contribution in [0.5, 0.6) is 0 Å². The summed E-state index contributed by atoms with van der Waals surface area (Å²) in [5, 5.41) is 3.86. The first kappa shape index (κ1) is 21.9. The number of para-hydroxylation sites is 1. The van der Waals surface area contributed by atoms with Gasteiger partial charge in [-0.25, -0.2) is 0 Å². The van der Waals surface area contributed by atoms with Crippen molar-refractivity contribution in [1.82, 2.24) is 9.88 Å². The van der Waals surface area contributed by atoms with Crippen LogP contribution in [0.2, 0.25) is 0 Å². The highest BCUT2D eigenvalue weighted by atomic mass is 19.4. The molecule has 160 valence electrons. The van der Waals surface area contributed by atoms with E-state index >= 15 is 0 Å². The van der Waals surface area contributed by atoms with Crippen LogP contribution in [-0.4, -0.2) is 17.0 Å². The molecule has 3 aromatic rings. The van der Waals surface area contributed by atoms with Crippen LogP contribution in [0.15, 0.2) is 54.7 Å². The lowest BCUT2D eigenvalue weighted by molar-refractivity contribution is -0.137. The Labute approximate surface area is 174 Å². The van der Waals surface area contributed by atoms with Gasteiger partial charge in [0.15, 0.2) is 0 Å². The Hall–Kier alpha value is -2.76. The van der Waals surface area contributed by atoms with Crippen LogP contribution in [-0.2, 0) is 18.0 Å². The van der Waals surface area contributed by atoms with Gasteiger partial charge < -0.3 is 9.88 Å². The highest BCUT2D eigenvalue weighted by Crippen LogP contribution is 2.37. The molecule has 0 radical (unpaired) electrons. The number of carbonyl (C=O) groups excluding carboxylic acids is 1. The topological polar surface area (TPSA) is 34.0 Å². The average Bonchev–Trinajstić information content (AvgIpc) is 3.05. The number of rotatable bonds is 8. The highest BCUT2D eigenvalue weighted by molar-refractivity contribution is 5.86. The van der Waals surface area contributed by atoms with Crippen molar-refractivity contribution >= 4 is 16.8 Å². The number of alkyl halides is 3. The molecule has 0 unspecified atom stereocenters. The van der Waals surface area contributed by atoms with Crippen LogP contribution in [0.3, 0.4) is 0 Å². The second-order valence-corrected chi connectivity index (χ2v) is 7.65. The summed E-state index contributed by atoms with van der Waals surface area (Å²) in [7, 11) is 1.90. The first-order chi connectivity index (χ1) is 14.3. The number of hydrogen-bond donors (Lipinski definition) is 1. The molecule has 1 aromatic heterocycles. The van der Waals surface area contributed by atoms with Gasteiger partial charge in [-0.2, -0.15) is 13.2 Å². The molecule has 0 fully saturated rings. The van der Waals surface area contributed by atoms with Crippen LogP contribution in [0.25, 0.3) is 10.9 Å². The van der Waals surface area contributed by atoms with Gasteiger partial charge in [0.2, 0.25) is 5.91 Å². The van der Waals surface area contributed by atoms with E-state index in [1.165, 1.54) is 6.07 Å². The van der Waals surface area contributed by atoms with Gasteiger partial charge in [-0.1, -0.05) is 56.2 Å². The third kappa shape index (κ3) is 5.04. The molecule has 0 saturated heterocycles. The number of aryl methyl sites for hydroxylation is 1. The molecule has 3 nitrogen and oxygen atoms in total. The molecular weight excluding hydrogens is 389 g/mol. The Balaban J connectivity index is 1.98. The average molecular weight is 416 g/mol. The van der Waals surface area contributed by atoms with Crippen molar-refractivity contribution in [2.75, 3.05) is 6.54 Å². The zero-order valence-electron chi connectivity index (χ0n) is 17.3. The van der Waals surface area contributed by atoms with E-state index in [1.54, 1.807) is 6.07 Å². The Morgan fingerprint density at radius 1 is 1.10 bits per heavy atom. The summed E-state index contributed by atoms with van der Waals surface area (Å²) in [6.45, 7) is 2.67. The van der Waals surface area contributed by atoms with Crippen molar-refractivity contribution in [2.45, 2.75) is 44.7 Å². The maximum atomic E-state index is 13.3.